The molecule has 0 saturated carbocycles. The monoisotopic (exact) mass is 238 g/mol. The molecule has 0 aromatic carbocycles. The number of hydrogen-bond acceptors (Lipinski definition) is 3. The number of nitrogens with zero attached hydrogens (tertiary/aromatic N) is 1. The predicted octanol–water partition coefficient (Wildman–Crippen LogP) is 2.48. The zero-order valence-electron chi connectivity index (χ0n) is 8.30. The SMILES string of the molecule is CCOCc1[nH]c(C(F)(F)F)cc1[N+](=O)[O-]. The molecule has 0 atom stereocenters. The fourth-order valence-electron chi connectivity index (χ4n) is 1.12. The molecule has 1 N–H and O–H groups in total. The Kier molecular flexibility index (Phi) is 3.53. The molecule has 0 aliphatic rings. The standard InChI is InChI=1S/C8H9F3N2O3/c1-2-16-4-5-6(13(14)15)3-7(12-5)8(9,10)11/h3,12H,2,4H2,1H3. The molecule has 5 nitrogen and oxygen atoms in total. The highest BCUT2D eigenvalue weighted by Crippen LogP contribution is 2.32. The van der Waals surface area contributed by atoms with Crippen LogP contribution in [0.5, 0.6) is 0 Å². The van der Waals surface area contributed by atoms with E-state index in [1.54, 1.807) is 6.92 Å². The lowest BCUT2D eigenvalue weighted by molar-refractivity contribution is -0.385. The van der Waals surface area contributed by atoms with Crippen molar-refractivity contribution in [3.05, 3.63) is 27.6 Å². The third kappa shape index (κ3) is 2.72. The Labute approximate surface area is 88.4 Å². The molecule has 0 aliphatic heterocycles. The van der Waals surface area contributed by atoms with Crippen LogP contribution in [0.2, 0.25) is 0 Å². The first-order chi connectivity index (χ1) is 7.36. The van der Waals surface area contributed by atoms with E-state index in [9.17, 15) is 23.3 Å². The van der Waals surface area contributed by atoms with Crippen LogP contribution in [-0.2, 0) is 17.5 Å². The maximum absolute atomic E-state index is 12.3. The van der Waals surface area contributed by atoms with E-state index in [0.29, 0.717) is 6.07 Å². The number of nitrogens with one attached hydrogen (secondary N) is 1. The fourth-order valence-corrected chi connectivity index (χ4v) is 1.12. The quantitative estimate of drug-likeness (QED) is 0.647. The van der Waals surface area contributed by atoms with Gasteiger partial charge in [0.2, 0.25) is 0 Å². The molecule has 0 fully saturated rings. The molecule has 90 valence electrons. The van der Waals surface area contributed by atoms with Gasteiger partial charge in [0, 0.05) is 12.7 Å². The van der Waals surface area contributed by atoms with Crippen molar-refractivity contribution in [2.24, 2.45) is 0 Å². The van der Waals surface area contributed by atoms with Crippen molar-refractivity contribution in [3.63, 3.8) is 0 Å². The smallest absolute Gasteiger partial charge is 0.375 e. The maximum Gasteiger partial charge on any atom is 0.431 e. The number of ether oxygens (including phenoxy) is 1. The van der Waals surface area contributed by atoms with Crippen LogP contribution in [-0.4, -0.2) is 16.5 Å². The van der Waals surface area contributed by atoms with Gasteiger partial charge in [-0.15, -0.1) is 0 Å². The molecule has 0 amide bonds. The largest absolute Gasteiger partial charge is 0.431 e. The second-order valence-corrected chi connectivity index (χ2v) is 2.94. The molecule has 0 aliphatic carbocycles. The average Bonchev–Trinajstić information content (AvgIpc) is 2.57. The molecule has 0 spiro atoms. The van der Waals surface area contributed by atoms with E-state index in [-0.39, 0.29) is 18.9 Å². The maximum atomic E-state index is 12.3. The van der Waals surface area contributed by atoms with Gasteiger partial charge in [-0.1, -0.05) is 0 Å². The minimum absolute atomic E-state index is 0.181. The van der Waals surface area contributed by atoms with Crippen molar-refractivity contribution in [2.75, 3.05) is 6.61 Å². The van der Waals surface area contributed by atoms with E-state index in [1.165, 1.54) is 0 Å². The molecule has 0 saturated heterocycles. The van der Waals surface area contributed by atoms with Crippen molar-refractivity contribution in [1.29, 1.82) is 0 Å². The van der Waals surface area contributed by atoms with Crippen LogP contribution >= 0.6 is 0 Å². The normalized spacial score (nSPS) is 11.8. The second-order valence-electron chi connectivity index (χ2n) is 2.94. The number of H-pyrrole nitrogens is 1. The number of alkyl halides is 3. The van der Waals surface area contributed by atoms with Crippen molar-refractivity contribution >= 4 is 5.69 Å². The highest BCUT2D eigenvalue weighted by molar-refractivity contribution is 5.39. The van der Waals surface area contributed by atoms with E-state index < -0.39 is 22.5 Å². The summed E-state index contributed by atoms with van der Waals surface area (Å²) in [4.78, 5) is 11.6. The molecule has 8 heteroatoms. The molecule has 1 rings (SSSR count). The topological polar surface area (TPSA) is 68.2 Å². The lowest BCUT2D eigenvalue weighted by Crippen LogP contribution is -2.05. The molecular weight excluding hydrogens is 229 g/mol. The van der Waals surface area contributed by atoms with Crippen molar-refractivity contribution in [1.82, 2.24) is 4.98 Å². The molecule has 1 heterocycles. The van der Waals surface area contributed by atoms with Gasteiger partial charge >= 0.3 is 6.18 Å². The summed E-state index contributed by atoms with van der Waals surface area (Å²) in [5, 5.41) is 10.5. The third-order valence-corrected chi connectivity index (χ3v) is 1.83. The minimum Gasteiger partial charge on any atom is -0.375 e. The lowest BCUT2D eigenvalue weighted by atomic mass is 10.3. The molecule has 0 unspecified atom stereocenters. The van der Waals surface area contributed by atoms with E-state index >= 15 is 0 Å². The molecule has 0 radical (unpaired) electrons. The van der Waals surface area contributed by atoms with Gasteiger partial charge in [-0.05, 0) is 6.92 Å². The van der Waals surface area contributed by atoms with E-state index in [0.717, 1.165) is 0 Å². The molecule has 16 heavy (non-hydrogen) atoms. The van der Waals surface area contributed by atoms with E-state index in [2.05, 4.69) is 0 Å². The van der Waals surface area contributed by atoms with Gasteiger partial charge in [0.25, 0.3) is 5.69 Å². The van der Waals surface area contributed by atoms with Gasteiger partial charge in [-0.3, -0.25) is 10.1 Å². The van der Waals surface area contributed by atoms with Crippen LogP contribution in [0.25, 0.3) is 0 Å². The summed E-state index contributed by atoms with van der Waals surface area (Å²) in [6.07, 6.45) is -4.63. The number of halogens is 3. The summed E-state index contributed by atoms with van der Waals surface area (Å²) in [7, 11) is 0. The first-order valence-electron chi connectivity index (χ1n) is 4.37. The first-order valence-corrected chi connectivity index (χ1v) is 4.37. The highest BCUT2D eigenvalue weighted by Gasteiger charge is 2.36. The second kappa shape index (κ2) is 4.52. The summed E-state index contributed by atoms with van der Waals surface area (Å²) in [5.41, 5.74) is -1.94. The van der Waals surface area contributed by atoms with Crippen LogP contribution in [0.1, 0.15) is 18.3 Å². The van der Waals surface area contributed by atoms with Crippen LogP contribution in [0.3, 0.4) is 0 Å². The summed E-state index contributed by atoms with van der Waals surface area (Å²) in [6, 6.07) is 0.467. The van der Waals surface area contributed by atoms with Gasteiger partial charge in [-0.25, -0.2) is 0 Å². The Morgan fingerprint density at radius 2 is 2.19 bits per heavy atom. The molecular formula is C8H9F3N2O3. The molecule has 1 aromatic rings. The molecule has 1 aromatic heterocycles. The Morgan fingerprint density at radius 1 is 1.56 bits per heavy atom. The van der Waals surface area contributed by atoms with Crippen molar-refractivity contribution in [3.8, 4) is 0 Å². The summed E-state index contributed by atoms with van der Waals surface area (Å²) in [6.45, 7) is 1.65. The minimum atomic E-state index is -4.63. The van der Waals surface area contributed by atoms with Crippen LogP contribution in [0, 0.1) is 10.1 Å². The summed E-state index contributed by atoms with van der Waals surface area (Å²) < 4.78 is 41.6. The number of rotatable bonds is 4. The number of aromatic amines is 1. The zero-order valence-corrected chi connectivity index (χ0v) is 8.30. The summed E-state index contributed by atoms with van der Waals surface area (Å²) >= 11 is 0. The average molecular weight is 238 g/mol. The van der Waals surface area contributed by atoms with Crippen molar-refractivity contribution in [2.45, 2.75) is 19.7 Å². The lowest BCUT2D eigenvalue weighted by Gasteiger charge is -2.01. The number of aromatic nitrogens is 1. The Balaban J connectivity index is 3.05. The number of hydrogen-bond donors (Lipinski definition) is 1. The zero-order chi connectivity index (χ0) is 12.3. The van der Waals surface area contributed by atoms with Gasteiger partial charge < -0.3 is 9.72 Å². The fraction of sp³-hybridized carbons (Fsp3) is 0.500. The summed E-state index contributed by atoms with van der Waals surface area (Å²) in [5.74, 6) is 0. The van der Waals surface area contributed by atoms with Crippen molar-refractivity contribution < 1.29 is 22.8 Å². The van der Waals surface area contributed by atoms with Crippen LogP contribution < -0.4 is 0 Å². The Hall–Kier alpha value is -1.57. The Bertz CT molecular complexity index is 386. The van der Waals surface area contributed by atoms with Gasteiger partial charge in [-0.2, -0.15) is 13.2 Å². The number of nitro groups is 1. The highest BCUT2D eigenvalue weighted by atomic mass is 19.4. The van der Waals surface area contributed by atoms with Crippen LogP contribution in [0.4, 0.5) is 18.9 Å². The van der Waals surface area contributed by atoms with E-state index in [4.69, 9.17) is 4.74 Å². The Morgan fingerprint density at radius 3 is 2.62 bits per heavy atom. The van der Waals surface area contributed by atoms with Gasteiger partial charge in [0.15, 0.2) is 0 Å². The van der Waals surface area contributed by atoms with Crippen LogP contribution in [0.15, 0.2) is 6.07 Å². The predicted molar refractivity (Wildman–Crippen MR) is 47.8 cm³/mol. The van der Waals surface area contributed by atoms with Gasteiger partial charge in [0.1, 0.15) is 11.4 Å². The molecule has 0 bridgehead atoms. The first kappa shape index (κ1) is 12.5. The van der Waals surface area contributed by atoms with Gasteiger partial charge in [0.05, 0.1) is 11.5 Å². The van der Waals surface area contributed by atoms with E-state index in [1.807, 2.05) is 4.98 Å². The third-order valence-electron chi connectivity index (χ3n) is 1.83.